The van der Waals surface area contributed by atoms with E-state index in [9.17, 15) is 18.0 Å². The molecule has 0 aliphatic carbocycles. The summed E-state index contributed by atoms with van der Waals surface area (Å²) in [5.74, 6) is -1.38. The molecular formula is C11H9F3N4O3. The van der Waals surface area contributed by atoms with Crippen LogP contribution in [0.1, 0.15) is 27.8 Å². The predicted octanol–water partition coefficient (Wildman–Crippen LogP) is 2.10. The van der Waals surface area contributed by atoms with Crippen molar-refractivity contribution in [2.75, 3.05) is 5.32 Å². The maximum absolute atomic E-state index is 12.6. The summed E-state index contributed by atoms with van der Waals surface area (Å²) < 4.78 is 42.5. The molecule has 0 radical (unpaired) electrons. The normalized spacial score (nSPS) is 11.4. The van der Waals surface area contributed by atoms with E-state index in [0.29, 0.717) is 11.9 Å². The number of nitrogens with one attached hydrogen (secondary N) is 1. The molecule has 0 atom stereocenters. The van der Waals surface area contributed by atoms with Crippen molar-refractivity contribution in [3.63, 3.8) is 0 Å². The number of alkyl halides is 3. The molecule has 2 heterocycles. The number of anilines is 1. The molecule has 21 heavy (non-hydrogen) atoms. The van der Waals surface area contributed by atoms with Gasteiger partial charge in [0.05, 0.1) is 6.54 Å². The molecule has 0 saturated carbocycles. The predicted molar refractivity (Wildman–Crippen MR) is 62.6 cm³/mol. The maximum atomic E-state index is 12.6. The average Bonchev–Trinajstić information content (AvgIpc) is 2.80. The fourth-order valence-corrected chi connectivity index (χ4v) is 1.50. The molecule has 0 unspecified atom stereocenters. The second kappa shape index (κ2) is 5.38. The van der Waals surface area contributed by atoms with Crippen LogP contribution >= 0.6 is 0 Å². The Morgan fingerprint density at radius 2 is 2.10 bits per heavy atom. The summed E-state index contributed by atoms with van der Waals surface area (Å²) in [6, 6.07) is 1.44. The van der Waals surface area contributed by atoms with Gasteiger partial charge in [0, 0.05) is 0 Å². The quantitative estimate of drug-likeness (QED) is 0.891. The molecular weight excluding hydrogens is 293 g/mol. The lowest BCUT2D eigenvalue weighted by atomic mass is 10.2. The zero-order chi connectivity index (χ0) is 15.6. The second-order valence-corrected chi connectivity index (χ2v) is 3.98. The summed E-state index contributed by atoms with van der Waals surface area (Å²) >= 11 is 0. The molecule has 2 rings (SSSR count). The Labute approximate surface area is 115 Å². The van der Waals surface area contributed by atoms with E-state index >= 15 is 0 Å². The summed E-state index contributed by atoms with van der Waals surface area (Å²) in [5.41, 5.74) is -1.59. The monoisotopic (exact) mass is 302 g/mol. The minimum Gasteiger partial charge on any atom is -0.478 e. The van der Waals surface area contributed by atoms with Crippen molar-refractivity contribution in [3.8, 4) is 0 Å². The summed E-state index contributed by atoms with van der Waals surface area (Å²) in [6.45, 7) is 1.42. The number of nitrogens with zero attached hydrogens (tertiary/aromatic N) is 3. The third kappa shape index (κ3) is 3.46. The van der Waals surface area contributed by atoms with E-state index in [1.807, 2.05) is 0 Å². The standard InChI is InChI=1S/C11H9F3N4O3/c1-5-16-8(21-18-5)4-15-9-6(10(19)20)2-3-7(17-9)11(12,13)14/h2-3H,4H2,1H3,(H,15,17)(H,19,20). The molecule has 0 fully saturated rings. The number of carboxylic acid groups (broad SMARTS) is 1. The van der Waals surface area contributed by atoms with Gasteiger partial charge in [-0.2, -0.15) is 18.2 Å². The summed E-state index contributed by atoms with van der Waals surface area (Å²) in [7, 11) is 0. The van der Waals surface area contributed by atoms with Crippen molar-refractivity contribution < 1.29 is 27.6 Å². The first-order valence-electron chi connectivity index (χ1n) is 5.62. The number of pyridine rings is 1. The van der Waals surface area contributed by atoms with Gasteiger partial charge in [0.15, 0.2) is 5.82 Å². The third-order valence-corrected chi connectivity index (χ3v) is 2.39. The lowest BCUT2D eigenvalue weighted by molar-refractivity contribution is -0.141. The first-order chi connectivity index (χ1) is 9.77. The molecule has 2 aromatic rings. The maximum Gasteiger partial charge on any atom is 0.433 e. The highest BCUT2D eigenvalue weighted by atomic mass is 19.4. The van der Waals surface area contributed by atoms with Crippen LogP contribution in [-0.2, 0) is 12.7 Å². The van der Waals surface area contributed by atoms with Crippen molar-refractivity contribution in [1.82, 2.24) is 15.1 Å². The van der Waals surface area contributed by atoms with E-state index in [0.717, 1.165) is 6.07 Å². The minimum absolute atomic E-state index is 0.100. The highest BCUT2D eigenvalue weighted by Crippen LogP contribution is 2.29. The fourth-order valence-electron chi connectivity index (χ4n) is 1.50. The van der Waals surface area contributed by atoms with Gasteiger partial charge in [0.2, 0.25) is 5.89 Å². The number of rotatable bonds is 4. The molecule has 0 aliphatic rings. The average molecular weight is 302 g/mol. The van der Waals surface area contributed by atoms with Crippen molar-refractivity contribution in [1.29, 1.82) is 0 Å². The topological polar surface area (TPSA) is 101 Å². The van der Waals surface area contributed by atoms with Crippen LogP contribution in [0.4, 0.5) is 19.0 Å². The van der Waals surface area contributed by atoms with E-state index in [1.54, 1.807) is 6.92 Å². The molecule has 0 amide bonds. The van der Waals surface area contributed by atoms with Crippen molar-refractivity contribution in [2.45, 2.75) is 19.6 Å². The Kier molecular flexibility index (Phi) is 3.78. The Morgan fingerprint density at radius 3 is 2.62 bits per heavy atom. The zero-order valence-corrected chi connectivity index (χ0v) is 10.6. The van der Waals surface area contributed by atoms with Gasteiger partial charge in [-0.3, -0.25) is 0 Å². The fraction of sp³-hybridized carbons (Fsp3) is 0.273. The van der Waals surface area contributed by atoms with Crippen LogP contribution in [0.5, 0.6) is 0 Å². The van der Waals surface area contributed by atoms with Gasteiger partial charge in [-0.25, -0.2) is 9.78 Å². The van der Waals surface area contributed by atoms with Crippen LogP contribution in [0.25, 0.3) is 0 Å². The van der Waals surface area contributed by atoms with E-state index in [-0.39, 0.29) is 18.0 Å². The van der Waals surface area contributed by atoms with Crippen molar-refractivity contribution in [2.24, 2.45) is 0 Å². The SMILES string of the molecule is Cc1noc(CNc2nc(C(F)(F)F)ccc2C(=O)O)n1. The molecule has 0 aromatic carbocycles. The number of hydrogen-bond donors (Lipinski definition) is 2. The highest BCUT2D eigenvalue weighted by Gasteiger charge is 2.33. The van der Waals surface area contributed by atoms with Crippen molar-refractivity contribution >= 4 is 11.8 Å². The van der Waals surface area contributed by atoms with Crippen LogP contribution in [0.3, 0.4) is 0 Å². The molecule has 112 valence electrons. The minimum atomic E-state index is -4.67. The number of carbonyl (C=O) groups is 1. The van der Waals surface area contributed by atoms with E-state index in [1.165, 1.54) is 0 Å². The number of aromatic carboxylic acids is 1. The summed E-state index contributed by atoms with van der Waals surface area (Å²) in [5, 5.41) is 14.9. The van der Waals surface area contributed by atoms with Crippen LogP contribution in [0.15, 0.2) is 16.7 Å². The van der Waals surface area contributed by atoms with Crippen molar-refractivity contribution in [3.05, 3.63) is 35.1 Å². The highest BCUT2D eigenvalue weighted by molar-refractivity contribution is 5.93. The first kappa shape index (κ1) is 14.8. The second-order valence-electron chi connectivity index (χ2n) is 3.98. The molecule has 7 nitrogen and oxygen atoms in total. The van der Waals surface area contributed by atoms with Gasteiger partial charge in [-0.15, -0.1) is 0 Å². The molecule has 0 bridgehead atoms. The van der Waals surface area contributed by atoms with Gasteiger partial charge < -0.3 is 14.9 Å². The zero-order valence-electron chi connectivity index (χ0n) is 10.6. The Balaban J connectivity index is 2.28. The molecule has 0 saturated heterocycles. The lowest BCUT2D eigenvalue weighted by Crippen LogP contribution is -2.14. The lowest BCUT2D eigenvalue weighted by Gasteiger charge is -2.11. The van der Waals surface area contributed by atoms with Crippen LogP contribution in [0.2, 0.25) is 0 Å². The number of carboxylic acids is 1. The number of aryl methyl sites for hydroxylation is 1. The number of aromatic nitrogens is 3. The Morgan fingerprint density at radius 1 is 1.38 bits per heavy atom. The molecule has 2 aromatic heterocycles. The number of hydrogen-bond acceptors (Lipinski definition) is 6. The van der Waals surface area contributed by atoms with E-state index in [2.05, 4.69) is 20.4 Å². The number of halogens is 3. The van der Waals surface area contributed by atoms with Gasteiger partial charge >= 0.3 is 12.1 Å². The summed E-state index contributed by atoms with van der Waals surface area (Å²) in [6.07, 6.45) is -4.67. The molecule has 0 aliphatic heterocycles. The molecule has 2 N–H and O–H groups in total. The van der Waals surface area contributed by atoms with Gasteiger partial charge in [0.1, 0.15) is 17.1 Å². The van der Waals surface area contributed by atoms with Gasteiger partial charge in [-0.1, -0.05) is 5.16 Å². The Hall–Kier alpha value is -2.65. The van der Waals surface area contributed by atoms with E-state index in [4.69, 9.17) is 9.63 Å². The van der Waals surface area contributed by atoms with Crippen LogP contribution in [-0.4, -0.2) is 26.2 Å². The Bertz CT molecular complexity index is 669. The van der Waals surface area contributed by atoms with Crippen LogP contribution in [0, 0.1) is 6.92 Å². The largest absolute Gasteiger partial charge is 0.478 e. The first-order valence-corrected chi connectivity index (χ1v) is 5.62. The van der Waals surface area contributed by atoms with Gasteiger partial charge in [-0.05, 0) is 19.1 Å². The van der Waals surface area contributed by atoms with Gasteiger partial charge in [0.25, 0.3) is 0 Å². The van der Waals surface area contributed by atoms with E-state index < -0.39 is 23.7 Å². The van der Waals surface area contributed by atoms with Crippen LogP contribution < -0.4 is 5.32 Å². The molecule has 0 spiro atoms. The summed E-state index contributed by atoms with van der Waals surface area (Å²) in [4.78, 5) is 18.1. The third-order valence-electron chi connectivity index (χ3n) is 2.39. The smallest absolute Gasteiger partial charge is 0.433 e. The molecule has 10 heteroatoms.